The zero-order valence-electron chi connectivity index (χ0n) is 13.8. The molecule has 24 heavy (non-hydrogen) atoms. The molecule has 1 amide bonds. The molecule has 3 rings (SSSR count). The van der Waals surface area contributed by atoms with Crippen molar-refractivity contribution in [2.75, 3.05) is 12.4 Å². The normalized spacial score (nSPS) is 11.0. The number of rotatable bonds is 4. The Balaban J connectivity index is 1.85. The van der Waals surface area contributed by atoms with Crippen LogP contribution in [-0.4, -0.2) is 32.3 Å². The molecule has 3 aromatic heterocycles. The van der Waals surface area contributed by atoms with Gasteiger partial charge in [0, 0.05) is 18.0 Å². The maximum absolute atomic E-state index is 12.6. The van der Waals surface area contributed by atoms with E-state index < -0.39 is 0 Å². The standard InChI is InChI=1S/C15H17N5O3S/c1-8-9(2)24-14-13(8)15(22)20(7-16-14)6-11(21)17-10-5-12(23-4)18-19(10)3/h5,7H,6H2,1-4H3,(H,17,21). The van der Waals surface area contributed by atoms with E-state index in [9.17, 15) is 9.59 Å². The molecule has 0 spiro atoms. The molecular formula is C15H17N5O3S. The molecule has 0 unspecified atom stereocenters. The Labute approximate surface area is 141 Å². The van der Waals surface area contributed by atoms with Crippen LogP contribution in [0.5, 0.6) is 5.88 Å². The fraction of sp³-hybridized carbons (Fsp3) is 0.333. The number of nitrogens with one attached hydrogen (secondary N) is 1. The summed E-state index contributed by atoms with van der Waals surface area (Å²) >= 11 is 1.48. The van der Waals surface area contributed by atoms with Gasteiger partial charge in [-0.2, -0.15) is 0 Å². The van der Waals surface area contributed by atoms with Crippen LogP contribution >= 0.6 is 11.3 Å². The second-order valence-electron chi connectivity index (χ2n) is 5.38. The third kappa shape index (κ3) is 2.78. The van der Waals surface area contributed by atoms with Crippen molar-refractivity contribution in [3.63, 3.8) is 0 Å². The summed E-state index contributed by atoms with van der Waals surface area (Å²) in [5.74, 6) is 0.549. The molecule has 126 valence electrons. The second kappa shape index (κ2) is 6.08. The zero-order valence-corrected chi connectivity index (χ0v) is 14.6. The summed E-state index contributed by atoms with van der Waals surface area (Å²) in [4.78, 5) is 30.8. The highest BCUT2D eigenvalue weighted by atomic mass is 32.1. The lowest BCUT2D eigenvalue weighted by Gasteiger charge is -2.07. The molecule has 0 atom stereocenters. The summed E-state index contributed by atoms with van der Waals surface area (Å²) in [6.45, 7) is 3.72. The molecular weight excluding hydrogens is 330 g/mol. The first kappa shape index (κ1) is 16.2. The monoisotopic (exact) mass is 347 g/mol. The van der Waals surface area contributed by atoms with E-state index in [-0.39, 0.29) is 18.0 Å². The minimum Gasteiger partial charge on any atom is -0.480 e. The number of methoxy groups -OCH3 is 1. The molecule has 0 aliphatic heterocycles. The van der Waals surface area contributed by atoms with Crippen LogP contribution in [0.2, 0.25) is 0 Å². The number of anilines is 1. The van der Waals surface area contributed by atoms with Gasteiger partial charge in [-0.1, -0.05) is 0 Å². The summed E-state index contributed by atoms with van der Waals surface area (Å²) in [5.41, 5.74) is 0.707. The average molecular weight is 347 g/mol. The number of carbonyl (C=O) groups is 1. The van der Waals surface area contributed by atoms with Crippen molar-refractivity contribution in [2.45, 2.75) is 20.4 Å². The zero-order chi connectivity index (χ0) is 17.4. The van der Waals surface area contributed by atoms with Gasteiger partial charge in [0.05, 0.1) is 18.8 Å². The summed E-state index contributed by atoms with van der Waals surface area (Å²) in [7, 11) is 3.19. The van der Waals surface area contributed by atoms with Gasteiger partial charge >= 0.3 is 0 Å². The Bertz CT molecular complexity index is 985. The second-order valence-corrected chi connectivity index (χ2v) is 6.59. The fourth-order valence-corrected chi connectivity index (χ4v) is 3.36. The fourth-order valence-electron chi connectivity index (χ4n) is 2.38. The van der Waals surface area contributed by atoms with Gasteiger partial charge < -0.3 is 10.1 Å². The van der Waals surface area contributed by atoms with Gasteiger partial charge in [-0.25, -0.2) is 9.67 Å². The van der Waals surface area contributed by atoms with Crippen molar-refractivity contribution >= 4 is 33.3 Å². The van der Waals surface area contributed by atoms with Crippen molar-refractivity contribution in [1.29, 1.82) is 0 Å². The van der Waals surface area contributed by atoms with Gasteiger partial charge in [0.2, 0.25) is 11.8 Å². The van der Waals surface area contributed by atoms with Crippen LogP contribution in [0.1, 0.15) is 10.4 Å². The summed E-state index contributed by atoms with van der Waals surface area (Å²) in [6, 6.07) is 1.61. The highest BCUT2D eigenvalue weighted by Gasteiger charge is 2.15. The molecule has 9 heteroatoms. The van der Waals surface area contributed by atoms with Crippen molar-refractivity contribution in [1.82, 2.24) is 19.3 Å². The van der Waals surface area contributed by atoms with Crippen LogP contribution in [0.15, 0.2) is 17.2 Å². The summed E-state index contributed by atoms with van der Waals surface area (Å²) in [6.07, 6.45) is 1.41. The number of carbonyl (C=O) groups excluding carboxylic acids is 1. The number of aryl methyl sites for hydroxylation is 3. The number of hydrogen-bond donors (Lipinski definition) is 1. The highest BCUT2D eigenvalue weighted by Crippen LogP contribution is 2.25. The first-order valence-electron chi connectivity index (χ1n) is 7.23. The van der Waals surface area contributed by atoms with Gasteiger partial charge in [0.25, 0.3) is 5.56 Å². The Morgan fingerprint density at radius 1 is 1.42 bits per heavy atom. The first-order chi connectivity index (χ1) is 11.4. The van der Waals surface area contributed by atoms with E-state index in [2.05, 4.69) is 15.4 Å². The van der Waals surface area contributed by atoms with E-state index in [1.54, 1.807) is 13.1 Å². The van der Waals surface area contributed by atoms with E-state index in [0.29, 0.717) is 21.9 Å². The van der Waals surface area contributed by atoms with Crippen molar-refractivity contribution < 1.29 is 9.53 Å². The smallest absolute Gasteiger partial charge is 0.262 e. The van der Waals surface area contributed by atoms with E-state index >= 15 is 0 Å². The number of fused-ring (bicyclic) bond motifs is 1. The minimum atomic E-state index is -0.339. The van der Waals surface area contributed by atoms with Gasteiger partial charge in [-0.05, 0) is 19.4 Å². The summed E-state index contributed by atoms with van der Waals surface area (Å²) in [5, 5.41) is 7.35. The van der Waals surface area contributed by atoms with E-state index in [0.717, 1.165) is 10.4 Å². The van der Waals surface area contributed by atoms with Crippen LogP contribution in [0.4, 0.5) is 5.82 Å². The molecule has 3 aromatic rings. The highest BCUT2D eigenvalue weighted by molar-refractivity contribution is 7.18. The van der Waals surface area contributed by atoms with E-state index in [1.807, 2.05) is 13.8 Å². The van der Waals surface area contributed by atoms with Crippen molar-refractivity contribution in [2.24, 2.45) is 7.05 Å². The Kier molecular flexibility index (Phi) is 4.10. The topological polar surface area (TPSA) is 91.0 Å². The van der Waals surface area contributed by atoms with E-state index in [1.165, 1.54) is 34.0 Å². The van der Waals surface area contributed by atoms with E-state index in [4.69, 9.17) is 4.74 Å². The van der Waals surface area contributed by atoms with Gasteiger partial charge in [-0.15, -0.1) is 16.4 Å². The number of amides is 1. The molecule has 3 heterocycles. The lowest BCUT2D eigenvalue weighted by Crippen LogP contribution is -2.28. The SMILES string of the molecule is COc1cc(NC(=O)Cn2cnc3sc(C)c(C)c3c2=O)n(C)n1. The molecule has 1 N–H and O–H groups in total. The molecule has 0 aliphatic carbocycles. The lowest BCUT2D eigenvalue weighted by molar-refractivity contribution is -0.116. The first-order valence-corrected chi connectivity index (χ1v) is 8.05. The number of nitrogens with zero attached hydrogens (tertiary/aromatic N) is 4. The van der Waals surface area contributed by atoms with Gasteiger partial charge in [-0.3, -0.25) is 14.2 Å². The molecule has 0 saturated carbocycles. The maximum Gasteiger partial charge on any atom is 0.262 e. The molecule has 8 nitrogen and oxygen atoms in total. The van der Waals surface area contributed by atoms with Crippen molar-refractivity contribution in [3.8, 4) is 5.88 Å². The predicted molar refractivity (Wildman–Crippen MR) is 91.7 cm³/mol. The molecule has 0 radical (unpaired) electrons. The van der Waals surface area contributed by atoms with Crippen LogP contribution < -0.4 is 15.6 Å². The molecule has 0 bridgehead atoms. The number of hydrogen-bond acceptors (Lipinski definition) is 6. The average Bonchev–Trinajstić information content (AvgIpc) is 3.03. The summed E-state index contributed by atoms with van der Waals surface area (Å²) < 4.78 is 7.81. The van der Waals surface area contributed by atoms with Crippen LogP contribution in [-0.2, 0) is 18.4 Å². The molecule has 0 aromatic carbocycles. The quantitative estimate of drug-likeness (QED) is 0.771. The Morgan fingerprint density at radius 3 is 2.83 bits per heavy atom. The van der Waals surface area contributed by atoms with Gasteiger partial charge in [0.1, 0.15) is 17.2 Å². The third-order valence-corrected chi connectivity index (χ3v) is 4.92. The van der Waals surface area contributed by atoms with Crippen LogP contribution in [0.3, 0.4) is 0 Å². The molecule has 0 saturated heterocycles. The predicted octanol–water partition coefficient (Wildman–Crippen LogP) is 1.46. The largest absolute Gasteiger partial charge is 0.480 e. The minimum absolute atomic E-state index is 0.121. The number of aromatic nitrogens is 4. The van der Waals surface area contributed by atoms with Gasteiger partial charge in [0.15, 0.2) is 0 Å². The maximum atomic E-state index is 12.6. The third-order valence-electron chi connectivity index (χ3n) is 3.80. The number of ether oxygens (including phenoxy) is 1. The van der Waals surface area contributed by atoms with Crippen LogP contribution in [0, 0.1) is 13.8 Å². The number of thiophene rings is 1. The van der Waals surface area contributed by atoms with Crippen LogP contribution in [0.25, 0.3) is 10.2 Å². The molecule has 0 fully saturated rings. The Morgan fingerprint density at radius 2 is 2.17 bits per heavy atom. The molecule has 0 aliphatic rings. The van der Waals surface area contributed by atoms with Crippen molar-refractivity contribution in [3.05, 3.63) is 33.2 Å². The Hall–Kier alpha value is -2.68. The lowest BCUT2D eigenvalue weighted by atomic mass is 10.2.